The molecule has 0 aliphatic rings. The lowest BCUT2D eigenvalue weighted by atomic mass is 10.2. The van der Waals surface area contributed by atoms with Crippen molar-refractivity contribution in [2.45, 2.75) is 13.8 Å². The lowest BCUT2D eigenvalue weighted by molar-refractivity contribution is -0.111. The number of amides is 1. The molecule has 0 atom stereocenters. The summed E-state index contributed by atoms with van der Waals surface area (Å²) in [6.45, 7) is 4.97. The maximum absolute atomic E-state index is 12.0. The van der Waals surface area contributed by atoms with Crippen LogP contribution in [-0.2, 0) is 4.79 Å². The van der Waals surface area contributed by atoms with Crippen molar-refractivity contribution in [1.29, 1.82) is 0 Å². The van der Waals surface area contributed by atoms with Crippen LogP contribution in [0.25, 0.3) is 6.08 Å². The Labute approximate surface area is 150 Å². The van der Waals surface area contributed by atoms with E-state index in [9.17, 15) is 4.79 Å². The Morgan fingerprint density at radius 3 is 2.54 bits per heavy atom. The van der Waals surface area contributed by atoms with Crippen LogP contribution >= 0.6 is 15.9 Å². The third kappa shape index (κ3) is 5.42. The van der Waals surface area contributed by atoms with Gasteiger partial charge in [-0.3, -0.25) is 4.79 Å². The number of nitrogens with one attached hydrogen (secondary N) is 1. The molecular formula is C19H20BrNO3. The van der Waals surface area contributed by atoms with Crippen molar-refractivity contribution in [1.82, 2.24) is 0 Å². The fourth-order valence-corrected chi connectivity index (χ4v) is 2.49. The minimum Gasteiger partial charge on any atom is -0.490 e. The molecule has 2 rings (SSSR count). The number of halogens is 1. The van der Waals surface area contributed by atoms with E-state index < -0.39 is 0 Å². The van der Waals surface area contributed by atoms with Gasteiger partial charge in [0.05, 0.1) is 13.2 Å². The van der Waals surface area contributed by atoms with E-state index in [4.69, 9.17) is 9.47 Å². The third-order valence-electron chi connectivity index (χ3n) is 3.09. The highest BCUT2D eigenvalue weighted by molar-refractivity contribution is 9.10. The molecule has 0 fully saturated rings. The Bertz CT molecular complexity index is 728. The SMILES string of the molecule is CCOc1ccc(/C=C/C(=O)Nc2cccc(Br)c2)cc1OCC. The minimum atomic E-state index is -0.194. The van der Waals surface area contributed by atoms with E-state index in [1.54, 1.807) is 6.08 Å². The van der Waals surface area contributed by atoms with Gasteiger partial charge in [0.15, 0.2) is 11.5 Å². The van der Waals surface area contributed by atoms with Crippen molar-refractivity contribution in [3.05, 3.63) is 58.6 Å². The average Bonchev–Trinajstić information content (AvgIpc) is 2.55. The van der Waals surface area contributed by atoms with Crippen LogP contribution in [0.5, 0.6) is 11.5 Å². The summed E-state index contributed by atoms with van der Waals surface area (Å²) in [7, 11) is 0. The average molecular weight is 390 g/mol. The number of anilines is 1. The van der Waals surface area contributed by atoms with E-state index >= 15 is 0 Å². The van der Waals surface area contributed by atoms with E-state index in [1.807, 2.05) is 56.3 Å². The molecule has 0 radical (unpaired) electrons. The van der Waals surface area contributed by atoms with E-state index in [0.29, 0.717) is 24.7 Å². The van der Waals surface area contributed by atoms with Crippen LogP contribution in [0.4, 0.5) is 5.69 Å². The monoisotopic (exact) mass is 389 g/mol. The molecule has 0 spiro atoms. The van der Waals surface area contributed by atoms with E-state index in [2.05, 4.69) is 21.2 Å². The first kappa shape index (κ1) is 18.1. The van der Waals surface area contributed by atoms with Crippen LogP contribution in [-0.4, -0.2) is 19.1 Å². The molecule has 2 aromatic carbocycles. The van der Waals surface area contributed by atoms with Gasteiger partial charge >= 0.3 is 0 Å². The van der Waals surface area contributed by atoms with Crippen molar-refractivity contribution in [2.75, 3.05) is 18.5 Å². The van der Waals surface area contributed by atoms with Gasteiger partial charge < -0.3 is 14.8 Å². The van der Waals surface area contributed by atoms with Gasteiger partial charge in [0.25, 0.3) is 0 Å². The number of ether oxygens (including phenoxy) is 2. The van der Waals surface area contributed by atoms with Gasteiger partial charge in [0.2, 0.25) is 5.91 Å². The van der Waals surface area contributed by atoms with Gasteiger partial charge in [0.1, 0.15) is 0 Å². The van der Waals surface area contributed by atoms with Gasteiger partial charge in [-0.05, 0) is 55.8 Å². The fourth-order valence-electron chi connectivity index (χ4n) is 2.09. The van der Waals surface area contributed by atoms with Crippen LogP contribution in [0, 0.1) is 0 Å². The Balaban J connectivity index is 2.07. The first-order valence-electron chi connectivity index (χ1n) is 7.76. The number of hydrogen-bond acceptors (Lipinski definition) is 3. The fraction of sp³-hybridized carbons (Fsp3) is 0.211. The molecule has 0 bridgehead atoms. The van der Waals surface area contributed by atoms with Gasteiger partial charge in [-0.15, -0.1) is 0 Å². The summed E-state index contributed by atoms with van der Waals surface area (Å²) in [4.78, 5) is 12.0. The molecule has 0 saturated heterocycles. The second kappa shape index (κ2) is 9.13. The van der Waals surface area contributed by atoms with Gasteiger partial charge in [-0.2, -0.15) is 0 Å². The molecule has 0 saturated carbocycles. The lowest BCUT2D eigenvalue weighted by Crippen LogP contribution is -2.07. The number of carbonyl (C=O) groups excluding carboxylic acids is 1. The standard InChI is InChI=1S/C19H20BrNO3/c1-3-23-17-10-8-14(12-18(17)24-4-2)9-11-19(22)21-16-7-5-6-15(20)13-16/h5-13H,3-4H2,1-2H3,(H,21,22)/b11-9+. The topological polar surface area (TPSA) is 47.6 Å². The number of benzene rings is 2. The van der Waals surface area contributed by atoms with E-state index in [-0.39, 0.29) is 5.91 Å². The summed E-state index contributed by atoms with van der Waals surface area (Å²) in [5.41, 5.74) is 1.60. The zero-order valence-corrected chi connectivity index (χ0v) is 15.3. The van der Waals surface area contributed by atoms with Crippen molar-refractivity contribution < 1.29 is 14.3 Å². The molecule has 2 aromatic rings. The highest BCUT2D eigenvalue weighted by Gasteiger charge is 2.05. The van der Waals surface area contributed by atoms with Crippen molar-refractivity contribution in [3.63, 3.8) is 0 Å². The Morgan fingerprint density at radius 2 is 1.83 bits per heavy atom. The first-order valence-corrected chi connectivity index (χ1v) is 8.56. The summed E-state index contributed by atoms with van der Waals surface area (Å²) >= 11 is 3.37. The summed E-state index contributed by atoms with van der Waals surface area (Å²) in [6.07, 6.45) is 3.23. The van der Waals surface area contributed by atoms with Crippen molar-refractivity contribution in [2.24, 2.45) is 0 Å². The molecule has 1 N–H and O–H groups in total. The predicted octanol–water partition coefficient (Wildman–Crippen LogP) is 4.90. The zero-order valence-electron chi connectivity index (χ0n) is 13.7. The normalized spacial score (nSPS) is 10.6. The van der Waals surface area contributed by atoms with Crippen molar-refractivity contribution in [3.8, 4) is 11.5 Å². The second-order valence-corrected chi connectivity index (χ2v) is 5.82. The molecule has 0 unspecified atom stereocenters. The van der Waals surface area contributed by atoms with Crippen molar-refractivity contribution >= 4 is 33.6 Å². The van der Waals surface area contributed by atoms with Gasteiger partial charge in [-0.25, -0.2) is 0 Å². The van der Waals surface area contributed by atoms with Gasteiger partial charge in [-0.1, -0.05) is 28.1 Å². The third-order valence-corrected chi connectivity index (χ3v) is 3.58. The number of carbonyl (C=O) groups is 1. The summed E-state index contributed by atoms with van der Waals surface area (Å²) in [5.74, 6) is 1.18. The Kier molecular flexibility index (Phi) is 6.88. The predicted molar refractivity (Wildman–Crippen MR) is 101 cm³/mol. The smallest absolute Gasteiger partial charge is 0.248 e. The number of hydrogen-bond donors (Lipinski definition) is 1. The van der Waals surface area contributed by atoms with Crippen LogP contribution in [0.2, 0.25) is 0 Å². The highest BCUT2D eigenvalue weighted by Crippen LogP contribution is 2.29. The first-order chi connectivity index (χ1) is 11.6. The van der Waals surface area contributed by atoms with E-state index in [0.717, 1.165) is 15.7 Å². The molecule has 0 aliphatic heterocycles. The second-order valence-electron chi connectivity index (χ2n) is 4.91. The Hall–Kier alpha value is -2.27. The summed E-state index contributed by atoms with van der Waals surface area (Å²) < 4.78 is 12.0. The van der Waals surface area contributed by atoms with Crippen LogP contribution in [0.15, 0.2) is 53.0 Å². The molecule has 24 heavy (non-hydrogen) atoms. The molecule has 0 aromatic heterocycles. The summed E-state index contributed by atoms with van der Waals surface area (Å²) in [6, 6.07) is 13.0. The van der Waals surface area contributed by atoms with Gasteiger partial charge in [0, 0.05) is 16.2 Å². The van der Waals surface area contributed by atoms with Crippen LogP contribution in [0.1, 0.15) is 19.4 Å². The largest absolute Gasteiger partial charge is 0.490 e. The van der Waals surface area contributed by atoms with E-state index in [1.165, 1.54) is 6.08 Å². The molecule has 5 heteroatoms. The summed E-state index contributed by atoms with van der Waals surface area (Å²) in [5, 5.41) is 2.81. The lowest BCUT2D eigenvalue weighted by Gasteiger charge is -2.11. The molecule has 0 heterocycles. The zero-order chi connectivity index (χ0) is 17.4. The Morgan fingerprint density at radius 1 is 1.08 bits per heavy atom. The molecule has 1 amide bonds. The minimum absolute atomic E-state index is 0.194. The maximum Gasteiger partial charge on any atom is 0.248 e. The quantitative estimate of drug-likeness (QED) is 0.685. The number of rotatable bonds is 7. The maximum atomic E-state index is 12.0. The van der Waals surface area contributed by atoms with Crippen LogP contribution < -0.4 is 14.8 Å². The molecule has 4 nitrogen and oxygen atoms in total. The van der Waals surface area contributed by atoms with Crippen LogP contribution in [0.3, 0.4) is 0 Å². The molecule has 126 valence electrons. The molecule has 0 aliphatic carbocycles. The highest BCUT2D eigenvalue weighted by atomic mass is 79.9. The molecular weight excluding hydrogens is 370 g/mol.